The van der Waals surface area contributed by atoms with Gasteiger partial charge in [0, 0.05) is 3.57 Å². The number of nitrogens with two attached hydrogens (primary N) is 1. The molecule has 0 heterocycles. The standard InChI is InChI=1S/C14H12Cl3IN2/c15-10-3-1-8(5-11(10)16)6-14(20-19)9-2-4-13(18)12(17)7-9/h1-5,7,14,20H,6,19H2. The Morgan fingerprint density at radius 3 is 2.35 bits per heavy atom. The molecule has 0 amide bonds. The van der Waals surface area contributed by atoms with Gasteiger partial charge in [0.15, 0.2) is 0 Å². The highest BCUT2D eigenvalue weighted by molar-refractivity contribution is 14.1. The molecule has 0 aliphatic heterocycles. The van der Waals surface area contributed by atoms with E-state index in [9.17, 15) is 0 Å². The number of rotatable bonds is 4. The Bertz CT molecular complexity index is 619. The molecule has 0 aliphatic rings. The fourth-order valence-corrected chi connectivity index (χ4v) is 2.75. The molecule has 0 saturated carbocycles. The Labute approximate surface area is 146 Å². The van der Waals surface area contributed by atoms with Crippen LogP contribution in [0.1, 0.15) is 17.2 Å². The zero-order chi connectivity index (χ0) is 14.7. The van der Waals surface area contributed by atoms with Crippen molar-refractivity contribution in [2.75, 3.05) is 0 Å². The second-order valence-corrected chi connectivity index (χ2v) is 6.73. The molecular formula is C14H12Cl3IN2. The highest BCUT2D eigenvalue weighted by Gasteiger charge is 2.13. The van der Waals surface area contributed by atoms with Crippen molar-refractivity contribution in [1.29, 1.82) is 0 Å². The first-order chi connectivity index (χ1) is 9.51. The van der Waals surface area contributed by atoms with Crippen molar-refractivity contribution in [3.05, 3.63) is 66.2 Å². The van der Waals surface area contributed by atoms with Crippen LogP contribution in [-0.2, 0) is 6.42 Å². The quantitative estimate of drug-likeness (QED) is 0.398. The van der Waals surface area contributed by atoms with Gasteiger partial charge < -0.3 is 0 Å². The summed E-state index contributed by atoms with van der Waals surface area (Å²) in [5.41, 5.74) is 4.89. The molecule has 0 aliphatic carbocycles. The van der Waals surface area contributed by atoms with Gasteiger partial charge in [0.2, 0.25) is 0 Å². The first-order valence-corrected chi connectivity index (χ1v) is 8.07. The Hall–Kier alpha value is -0.0400. The fourth-order valence-electron chi connectivity index (χ4n) is 1.90. The second-order valence-electron chi connectivity index (χ2n) is 4.35. The number of nitrogens with one attached hydrogen (secondary N) is 1. The summed E-state index contributed by atoms with van der Waals surface area (Å²) in [5.74, 6) is 5.65. The third-order valence-corrected chi connectivity index (χ3v) is 5.28. The van der Waals surface area contributed by atoms with Crippen molar-refractivity contribution >= 4 is 57.4 Å². The van der Waals surface area contributed by atoms with E-state index in [0.29, 0.717) is 16.5 Å². The smallest absolute Gasteiger partial charge is 0.0595 e. The van der Waals surface area contributed by atoms with Gasteiger partial charge in [0.25, 0.3) is 0 Å². The van der Waals surface area contributed by atoms with Crippen molar-refractivity contribution in [2.24, 2.45) is 5.84 Å². The van der Waals surface area contributed by atoms with E-state index in [1.165, 1.54) is 0 Å². The van der Waals surface area contributed by atoms with Crippen LogP contribution in [0.5, 0.6) is 0 Å². The number of hydrogen-bond acceptors (Lipinski definition) is 2. The van der Waals surface area contributed by atoms with Crippen LogP contribution < -0.4 is 11.3 Å². The minimum Gasteiger partial charge on any atom is -0.271 e. The minimum absolute atomic E-state index is 0.0401. The number of hydrogen-bond donors (Lipinski definition) is 2. The second kappa shape index (κ2) is 7.29. The Morgan fingerprint density at radius 1 is 1.00 bits per heavy atom. The summed E-state index contributed by atoms with van der Waals surface area (Å²) in [6.07, 6.45) is 0.699. The van der Waals surface area contributed by atoms with Gasteiger partial charge in [-0.2, -0.15) is 0 Å². The Kier molecular flexibility index (Phi) is 5.95. The summed E-state index contributed by atoms with van der Waals surface area (Å²) >= 11 is 20.3. The average Bonchev–Trinajstić information content (AvgIpc) is 2.43. The van der Waals surface area contributed by atoms with Crippen molar-refractivity contribution < 1.29 is 0 Å². The molecule has 2 aromatic carbocycles. The molecule has 0 fully saturated rings. The third kappa shape index (κ3) is 4.00. The van der Waals surface area contributed by atoms with Gasteiger partial charge in [-0.25, -0.2) is 0 Å². The maximum absolute atomic E-state index is 6.15. The lowest BCUT2D eigenvalue weighted by molar-refractivity contribution is 0.552. The van der Waals surface area contributed by atoms with Crippen molar-refractivity contribution in [2.45, 2.75) is 12.5 Å². The lowest BCUT2D eigenvalue weighted by Crippen LogP contribution is -2.29. The van der Waals surface area contributed by atoms with E-state index >= 15 is 0 Å². The van der Waals surface area contributed by atoms with Gasteiger partial charge >= 0.3 is 0 Å². The molecule has 20 heavy (non-hydrogen) atoms. The SMILES string of the molecule is NNC(Cc1ccc(Cl)c(Cl)c1)c1ccc(I)c(Cl)c1. The molecule has 0 radical (unpaired) electrons. The Balaban J connectivity index is 2.23. The monoisotopic (exact) mass is 440 g/mol. The predicted octanol–water partition coefficient (Wildman–Crippen LogP) is 5.00. The normalized spacial score (nSPS) is 12.4. The van der Waals surface area contributed by atoms with E-state index in [-0.39, 0.29) is 6.04 Å². The van der Waals surface area contributed by atoms with E-state index in [4.69, 9.17) is 40.6 Å². The highest BCUT2D eigenvalue weighted by atomic mass is 127. The van der Waals surface area contributed by atoms with Crippen LogP contribution in [0.25, 0.3) is 0 Å². The van der Waals surface area contributed by atoms with Crippen LogP contribution >= 0.6 is 57.4 Å². The lowest BCUT2D eigenvalue weighted by Gasteiger charge is -2.17. The molecular weight excluding hydrogens is 429 g/mol. The molecule has 0 aromatic heterocycles. The summed E-state index contributed by atoms with van der Waals surface area (Å²) < 4.78 is 1.01. The van der Waals surface area contributed by atoms with Crippen LogP contribution in [0.2, 0.25) is 15.1 Å². The molecule has 2 aromatic rings. The minimum atomic E-state index is -0.0401. The van der Waals surface area contributed by atoms with Gasteiger partial charge in [0.05, 0.1) is 21.1 Å². The van der Waals surface area contributed by atoms with Gasteiger partial charge in [0.1, 0.15) is 0 Å². The third-order valence-electron chi connectivity index (χ3n) is 2.97. The summed E-state index contributed by atoms with van der Waals surface area (Å²) in [6.45, 7) is 0. The molecule has 0 bridgehead atoms. The van der Waals surface area contributed by atoms with Crippen LogP contribution in [0, 0.1) is 3.57 Å². The number of halogens is 4. The van der Waals surface area contributed by atoms with Gasteiger partial charge in [-0.05, 0) is 64.4 Å². The number of benzene rings is 2. The highest BCUT2D eigenvalue weighted by Crippen LogP contribution is 2.27. The number of hydrazine groups is 1. The zero-order valence-corrected chi connectivity index (χ0v) is 14.8. The summed E-state index contributed by atoms with van der Waals surface area (Å²) in [5, 5.41) is 1.81. The molecule has 0 saturated heterocycles. The molecule has 106 valence electrons. The Morgan fingerprint density at radius 2 is 1.75 bits per heavy atom. The molecule has 1 unspecified atom stereocenters. The zero-order valence-electron chi connectivity index (χ0n) is 10.3. The van der Waals surface area contributed by atoms with E-state index in [1.807, 2.05) is 30.3 Å². The van der Waals surface area contributed by atoms with Gasteiger partial charge in [-0.3, -0.25) is 11.3 Å². The van der Waals surface area contributed by atoms with Crippen molar-refractivity contribution in [1.82, 2.24) is 5.43 Å². The van der Waals surface area contributed by atoms with Crippen molar-refractivity contribution in [3.8, 4) is 0 Å². The van der Waals surface area contributed by atoms with E-state index in [0.717, 1.165) is 19.7 Å². The average molecular weight is 442 g/mol. The topological polar surface area (TPSA) is 38.0 Å². The molecule has 0 spiro atoms. The van der Waals surface area contributed by atoms with Crippen molar-refractivity contribution in [3.63, 3.8) is 0 Å². The molecule has 6 heteroatoms. The van der Waals surface area contributed by atoms with Crippen LogP contribution in [0.15, 0.2) is 36.4 Å². The van der Waals surface area contributed by atoms with Crippen LogP contribution in [0.4, 0.5) is 0 Å². The van der Waals surface area contributed by atoms with E-state index in [1.54, 1.807) is 6.07 Å². The lowest BCUT2D eigenvalue weighted by atomic mass is 9.99. The predicted molar refractivity (Wildman–Crippen MR) is 94.4 cm³/mol. The molecule has 2 nitrogen and oxygen atoms in total. The maximum Gasteiger partial charge on any atom is 0.0595 e. The van der Waals surface area contributed by atoms with E-state index < -0.39 is 0 Å². The summed E-state index contributed by atoms with van der Waals surface area (Å²) in [7, 11) is 0. The van der Waals surface area contributed by atoms with Crippen LogP contribution in [-0.4, -0.2) is 0 Å². The summed E-state index contributed by atoms with van der Waals surface area (Å²) in [6, 6.07) is 11.4. The molecule has 3 N–H and O–H groups in total. The van der Waals surface area contributed by atoms with Gasteiger partial charge in [-0.15, -0.1) is 0 Å². The first-order valence-electron chi connectivity index (χ1n) is 5.86. The fraction of sp³-hybridized carbons (Fsp3) is 0.143. The summed E-state index contributed by atoms with van der Waals surface area (Å²) in [4.78, 5) is 0. The largest absolute Gasteiger partial charge is 0.271 e. The van der Waals surface area contributed by atoms with Crippen LogP contribution in [0.3, 0.4) is 0 Å². The molecule has 2 rings (SSSR count). The van der Waals surface area contributed by atoms with Gasteiger partial charge in [-0.1, -0.05) is 46.9 Å². The first kappa shape index (κ1) is 16.3. The molecule has 1 atom stereocenters. The maximum atomic E-state index is 6.15. The van der Waals surface area contributed by atoms with E-state index in [2.05, 4.69) is 28.0 Å².